The highest BCUT2D eigenvalue weighted by atomic mass is 15.2. The minimum absolute atomic E-state index is 0.173. The third-order valence-corrected chi connectivity index (χ3v) is 3.16. The minimum atomic E-state index is 0.173. The Balaban J connectivity index is 2.95. The molecule has 0 amide bonds. The molecule has 1 aromatic heterocycles. The number of nitrogens with one attached hydrogen (secondary N) is 1. The van der Waals surface area contributed by atoms with Crippen LogP contribution in [-0.2, 0) is 0 Å². The summed E-state index contributed by atoms with van der Waals surface area (Å²) in [5.74, 6) is 0.909. The van der Waals surface area contributed by atoms with E-state index in [9.17, 15) is 0 Å². The normalized spacial score (nSPS) is 11.3. The number of rotatable bonds is 4. The van der Waals surface area contributed by atoms with E-state index in [1.54, 1.807) is 0 Å². The molecule has 0 aliphatic carbocycles. The molecule has 3 heteroatoms. The molecule has 0 radical (unpaired) electrons. The molecule has 1 N–H and O–H groups in total. The zero-order chi connectivity index (χ0) is 11.5. The van der Waals surface area contributed by atoms with Crippen molar-refractivity contribution in [1.29, 1.82) is 0 Å². The molecular formula is C12H21N3. The molecule has 3 nitrogen and oxygen atoms in total. The Morgan fingerprint density at radius 1 is 1.47 bits per heavy atom. The van der Waals surface area contributed by atoms with Crippen molar-refractivity contribution in [2.75, 3.05) is 24.3 Å². The lowest BCUT2D eigenvalue weighted by molar-refractivity contribution is 0.471. The number of aromatic nitrogens is 1. The number of pyridine rings is 1. The van der Waals surface area contributed by atoms with E-state index in [0.29, 0.717) is 0 Å². The highest BCUT2D eigenvalue weighted by molar-refractivity contribution is 5.54. The summed E-state index contributed by atoms with van der Waals surface area (Å²) in [5.41, 5.74) is 1.37. The Bertz CT molecular complexity index is 320. The van der Waals surface area contributed by atoms with Gasteiger partial charge in [-0.3, -0.25) is 0 Å². The predicted octanol–water partition coefficient (Wildman–Crippen LogP) is 2.75. The molecule has 1 heterocycles. The molecule has 1 rings (SSSR count). The molecule has 0 saturated carbocycles. The van der Waals surface area contributed by atoms with E-state index >= 15 is 0 Å². The molecule has 0 aliphatic rings. The average Bonchev–Trinajstić information content (AvgIpc) is 2.28. The summed E-state index contributed by atoms with van der Waals surface area (Å²) in [5, 5.41) is 3.05. The van der Waals surface area contributed by atoms with Gasteiger partial charge in [0, 0.05) is 37.6 Å². The SMILES string of the molecule is CCC(C)(C)N(C)c1ccnc(NC)c1. The van der Waals surface area contributed by atoms with E-state index in [-0.39, 0.29) is 5.54 Å². The smallest absolute Gasteiger partial charge is 0.127 e. The number of hydrogen-bond donors (Lipinski definition) is 1. The second kappa shape index (κ2) is 4.51. The van der Waals surface area contributed by atoms with Gasteiger partial charge in [-0.15, -0.1) is 0 Å². The van der Waals surface area contributed by atoms with Crippen LogP contribution in [0.4, 0.5) is 11.5 Å². The van der Waals surface area contributed by atoms with Crippen molar-refractivity contribution >= 4 is 11.5 Å². The average molecular weight is 207 g/mol. The predicted molar refractivity (Wildman–Crippen MR) is 66.6 cm³/mol. The highest BCUT2D eigenvalue weighted by Gasteiger charge is 2.21. The van der Waals surface area contributed by atoms with Crippen LogP contribution in [0.1, 0.15) is 27.2 Å². The third kappa shape index (κ3) is 2.61. The Morgan fingerprint density at radius 3 is 2.67 bits per heavy atom. The monoisotopic (exact) mass is 207 g/mol. The van der Waals surface area contributed by atoms with Crippen LogP contribution in [0, 0.1) is 0 Å². The standard InChI is InChI=1S/C12H21N3/c1-6-12(2,3)15(5)10-7-8-14-11(9-10)13-4/h7-9H,6H2,1-5H3,(H,13,14). The van der Waals surface area contributed by atoms with E-state index in [1.165, 1.54) is 5.69 Å². The Morgan fingerprint density at radius 2 is 2.13 bits per heavy atom. The summed E-state index contributed by atoms with van der Waals surface area (Å²) in [4.78, 5) is 6.50. The molecule has 0 unspecified atom stereocenters. The molecular weight excluding hydrogens is 186 g/mol. The van der Waals surface area contributed by atoms with Crippen molar-refractivity contribution in [2.24, 2.45) is 0 Å². The molecule has 0 atom stereocenters. The van der Waals surface area contributed by atoms with Gasteiger partial charge in [0.1, 0.15) is 5.82 Å². The Labute approximate surface area is 92.5 Å². The second-order valence-electron chi connectivity index (χ2n) is 4.37. The van der Waals surface area contributed by atoms with Crippen LogP contribution in [0.25, 0.3) is 0 Å². The first-order valence-electron chi connectivity index (χ1n) is 5.39. The van der Waals surface area contributed by atoms with Crippen LogP contribution in [-0.4, -0.2) is 24.6 Å². The van der Waals surface area contributed by atoms with E-state index in [1.807, 2.05) is 19.3 Å². The van der Waals surface area contributed by atoms with Gasteiger partial charge in [0.05, 0.1) is 0 Å². The van der Waals surface area contributed by atoms with Crippen molar-refractivity contribution in [1.82, 2.24) is 4.98 Å². The molecule has 15 heavy (non-hydrogen) atoms. The minimum Gasteiger partial charge on any atom is -0.373 e. The van der Waals surface area contributed by atoms with Gasteiger partial charge in [-0.25, -0.2) is 4.98 Å². The topological polar surface area (TPSA) is 28.2 Å². The molecule has 0 aromatic carbocycles. The largest absolute Gasteiger partial charge is 0.373 e. The van der Waals surface area contributed by atoms with Crippen molar-refractivity contribution < 1.29 is 0 Å². The first kappa shape index (κ1) is 11.8. The summed E-state index contributed by atoms with van der Waals surface area (Å²) in [7, 11) is 4.01. The third-order valence-electron chi connectivity index (χ3n) is 3.16. The summed E-state index contributed by atoms with van der Waals surface area (Å²) < 4.78 is 0. The van der Waals surface area contributed by atoms with Gasteiger partial charge in [-0.05, 0) is 26.3 Å². The lowest BCUT2D eigenvalue weighted by Gasteiger charge is -2.36. The van der Waals surface area contributed by atoms with Gasteiger partial charge in [0.2, 0.25) is 0 Å². The first-order chi connectivity index (χ1) is 7.01. The van der Waals surface area contributed by atoms with Crippen LogP contribution < -0.4 is 10.2 Å². The highest BCUT2D eigenvalue weighted by Crippen LogP contribution is 2.25. The fourth-order valence-electron chi connectivity index (χ4n) is 1.35. The van der Waals surface area contributed by atoms with E-state index in [4.69, 9.17) is 0 Å². The van der Waals surface area contributed by atoms with Gasteiger partial charge in [-0.1, -0.05) is 6.92 Å². The van der Waals surface area contributed by atoms with Gasteiger partial charge in [0.15, 0.2) is 0 Å². The lowest BCUT2D eigenvalue weighted by atomic mass is 9.99. The van der Waals surface area contributed by atoms with Crippen LogP contribution in [0.3, 0.4) is 0 Å². The van der Waals surface area contributed by atoms with Crippen LogP contribution >= 0.6 is 0 Å². The lowest BCUT2D eigenvalue weighted by Crippen LogP contribution is -2.40. The van der Waals surface area contributed by atoms with Crippen LogP contribution in [0.15, 0.2) is 18.3 Å². The Kier molecular flexibility index (Phi) is 3.56. The van der Waals surface area contributed by atoms with Gasteiger partial charge < -0.3 is 10.2 Å². The molecule has 84 valence electrons. The zero-order valence-electron chi connectivity index (χ0n) is 10.3. The van der Waals surface area contributed by atoms with Crippen LogP contribution in [0.2, 0.25) is 0 Å². The molecule has 0 aliphatic heterocycles. The van der Waals surface area contributed by atoms with Crippen molar-refractivity contribution in [3.63, 3.8) is 0 Å². The summed E-state index contributed by atoms with van der Waals surface area (Å²) in [6.45, 7) is 6.69. The van der Waals surface area contributed by atoms with Crippen molar-refractivity contribution in [3.05, 3.63) is 18.3 Å². The number of hydrogen-bond acceptors (Lipinski definition) is 3. The van der Waals surface area contributed by atoms with E-state index in [2.05, 4.69) is 49.1 Å². The quantitative estimate of drug-likeness (QED) is 0.823. The van der Waals surface area contributed by atoms with E-state index < -0.39 is 0 Å². The maximum atomic E-state index is 4.21. The number of nitrogens with zero attached hydrogens (tertiary/aromatic N) is 2. The van der Waals surface area contributed by atoms with Crippen LogP contribution in [0.5, 0.6) is 0 Å². The summed E-state index contributed by atoms with van der Waals surface area (Å²) in [6, 6.07) is 4.11. The number of anilines is 2. The van der Waals surface area contributed by atoms with Gasteiger partial charge in [-0.2, -0.15) is 0 Å². The maximum Gasteiger partial charge on any atom is 0.127 e. The fourth-order valence-corrected chi connectivity index (χ4v) is 1.35. The van der Waals surface area contributed by atoms with Crippen molar-refractivity contribution in [3.8, 4) is 0 Å². The van der Waals surface area contributed by atoms with Gasteiger partial charge >= 0.3 is 0 Å². The molecule has 1 aromatic rings. The molecule has 0 saturated heterocycles. The maximum absolute atomic E-state index is 4.21. The molecule has 0 fully saturated rings. The zero-order valence-corrected chi connectivity index (χ0v) is 10.3. The molecule has 0 bridgehead atoms. The summed E-state index contributed by atoms with van der Waals surface area (Å²) in [6.07, 6.45) is 2.95. The summed E-state index contributed by atoms with van der Waals surface area (Å²) >= 11 is 0. The van der Waals surface area contributed by atoms with Crippen molar-refractivity contribution in [2.45, 2.75) is 32.7 Å². The Hall–Kier alpha value is -1.25. The first-order valence-corrected chi connectivity index (χ1v) is 5.39. The molecule has 0 spiro atoms. The van der Waals surface area contributed by atoms with E-state index in [0.717, 1.165) is 12.2 Å². The second-order valence-corrected chi connectivity index (χ2v) is 4.37. The van der Waals surface area contributed by atoms with Gasteiger partial charge in [0.25, 0.3) is 0 Å². The fraction of sp³-hybridized carbons (Fsp3) is 0.583.